The van der Waals surface area contributed by atoms with Crippen LogP contribution in [0.2, 0.25) is 0 Å². The number of morpholine rings is 1. The molecule has 2 saturated heterocycles. The molecule has 0 aliphatic carbocycles. The molecule has 4 heterocycles. The second kappa shape index (κ2) is 11.6. The van der Waals surface area contributed by atoms with Gasteiger partial charge in [-0.15, -0.1) is 0 Å². The third kappa shape index (κ3) is 5.89. The number of halogens is 2. The molecule has 2 aromatic heterocycles. The molecule has 11 nitrogen and oxygen atoms in total. The van der Waals surface area contributed by atoms with E-state index in [1.807, 2.05) is 4.90 Å². The summed E-state index contributed by atoms with van der Waals surface area (Å²) in [5, 5.41) is 7.47. The van der Waals surface area contributed by atoms with Gasteiger partial charge >= 0.3 is 0 Å². The number of ether oxygens (including phenoxy) is 2. The topological polar surface area (TPSA) is 114 Å². The van der Waals surface area contributed by atoms with Crippen molar-refractivity contribution in [2.45, 2.75) is 12.5 Å². The van der Waals surface area contributed by atoms with Crippen LogP contribution in [0.4, 0.5) is 37.6 Å². The molecule has 1 amide bonds. The molecule has 0 saturated carbocycles. The normalized spacial score (nSPS) is 17.2. The number of pyridine rings is 1. The van der Waals surface area contributed by atoms with Gasteiger partial charge in [-0.25, -0.2) is 23.8 Å². The van der Waals surface area contributed by atoms with E-state index in [1.54, 1.807) is 12.1 Å². The van der Waals surface area contributed by atoms with Gasteiger partial charge in [-0.2, -0.15) is 4.98 Å². The van der Waals surface area contributed by atoms with Crippen molar-refractivity contribution in [1.29, 1.82) is 0 Å². The minimum atomic E-state index is -0.665. The molecule has 0 unspecified atom stereocenters. The summed E-state index contributed by atoms with van der Waals surface area (Å²) in [5.41, 5.74) is 1.32. The van der Waals surface area contributed by atoms with Crippen LogP contribution in [-0.2, 0) is 14.4 Å². The Morgan fingerprint density at radius 2 is 1.87 bits per heavy atom. The number of aromatic nitrogens is 3. The van der Waals surface area contributed by atoms with Crippen molar-refractivity contribution < 1.29 is 27.9 Å². The van der Waals surface area contributed by atoms with E-state index in [9.17, 15) is 13.6 Å². The largest absolute Gasteiger partial charge is 0.479 e. The molecule has 0 spiro atoms. The molecule has 0 radical (unpaired) electrons. The number of hydrogen-bond acceptors (Lipinski definition) is 10. The quantitative estimate of drug-likeness (QED) is 0.410. The van der Waals surface area contributed by atoms with E-state index in [-0.39, 0.29) is 5.88 Å². The SMILES string of the molecule is C=CC(=O)Nc1cc(Nc2cc(N3OCC[C@@H]3c3cc(F)cc(F)c3)ncn2)c(OC)nc1N1CCOCC1. The molecule has 5 rings (SSSR count). The summed E-state index contributed by atoms with van der Waals surface area (Å²) in [5.74, 6) is -0.147. The Bertz CT molecular complexity index is 1350. The fourth-order valence-corrected chi connectivity index (χ4v) is 4.46. The number of amides is 1. The van der Waals surface area contributed by atoms with Crippen LogP contribution in [0.1, 0.15) is 18.0 Å². The average molecular weight is 540 g/mol. The Hall–Kier alpha value is -4.36. The van der Waals surface area contributed by atoms with E-state index in [2.05, 4.69) is 32.2 Å². The number of hydrogen-bond donors (Lipinski definition) is 2. The Kier molecular flexibility index (Phi) is 7.79. The van der Waals surface area contributed by atoms with Gasteiger partial charge in [0.2, 0.25) is 11.8 Å². The highest BCUT2D eigenvalue weighted by molar-refractivity contribution is 6.01. The van der Waals surface area contributed by atoms with Crippen LogP contribution in [-0.4, -0.2) is 60.9 Å². The number of nitrogens with zero attached hydrogens (tertiary/aromatic N) is 5. The summed E-state index contributed by atoms with van der Waals surface area (Å²) in [6.07, 6.45) is 3.03. The van der Waals surface area contributed by atoms with Gasteiger partial charge in [-0.1, -0.05) is 6.58 Å². The van der Waals surface area contributed by atoms with Crippen LogP contribution in [0, 0.1) is 11.6 Å². The first-order chi connectivity index (χ1) is 18.9. The van der Waals surface area contributed by atoms with Crippen molar-refractivity contribution in [1.82, 2.24) is 15.0 Å². The zero-order chi connectivity index (χ0) is 27.4. The number of anilines is 5. The van der Waals surface area contributed by atoms with Crippen molar-refractivity contribution in [2.24, 2.45) is 0 Å². The maximum atomic E-state index is 13.9. The zero-order valence-corrected chi connectivity index (χ0v) is 21.2. The van der Waals surface area contributed by atoms with Crippen molar-refractivity contribution in [2.75, 3.05) is 60.6 Å². The second-order valence-corrected chi connectivity index (χ2v) is 8.76. The summed E-state index contributed by atoms with van der Waals surface area (Å²) in [6.45, 7) is 6.14. The highest BCUT2D eigenvalue weighted by Crippen LogP contribution is 2.38. The number of hydroxylamine groups is 1. The number of methoxy groups -OCH3 is 1. The van der Waals surface area contributed by atoms with Crippen LogP contribution in [0.5, 0.6) is 5.88 Å². The molecule has 1 aromatic carbocycles. The predicted octanol–water partition coefficient (Wildman–Crippen LogP) is 3.75. The van der Waals surface area contributed by atoms with E-state index < -0.39 is 23.6 Å². The molecule has 2 N–H and O–H groups in total. The van der Waals surface area contributed by atoms with Crippen molar-refractivity contribution in [3.8, 4) is 5.88 Å². The first-order valence-corrected chi connectivity index (χ1v) is 12.3. The van der Waals surface area contributed by atoms with Gasteiger partial charge in [-0.3, -0.25) is 9.63 Å². The van der Waals surface area contributed by atoms with E-state index in [1.165, 1.54) is 36.7 Å². The Labute approximate surface area is 223 Å². The van der Waals surface area contributed by atoms with Gasteiger partial charge < -0.3 is 25.0 Å². The summed E-state index contributed by atoms with van der Waals surface area (Å²) in [6, 6.07) is 6.27. The summed E-state index contributed by atoms with van der Waals surface area (Å²) in [4.78, 5) is 33.2. The lowest BCUT2D eigenvalue weighted by Gasteiger charge is -2.30. The van der Waals surface area contributed by atoms with Gasteiger partial charge in [0.15, 0.2) is 11.6 Å². The number of carbonyl (C=O) groups is 1. The zero-order valence-electron chi connectivity index (χ0n) is 21.2. The Morgan fingerprint density at radius 1 is 1.10 bits per heavy atom. The number of carbonyl (C=O) groups excluding carboxylic acids is 1. The maximum absolute atomic E-state index is 13.9. The van der Waals surface area contributed by atoms with E-state index >= 15 is 0 Å². The fraction of sp³-hybridized carbons (Fsp3) is 0.308. The van der Waals surface area contributed by atoms with Crippen LogP contribution in [0.3, 0.4) is 0 Å². The molecule has 204 valence electrons. The molecule has 0 bridgehead atoms. The minimum absolute atomic E-state index is 0.277. The minimum Gasteiger partial charge on any atom is -0.479 e. The van der Waals surface area contributed by atoms with Crippen LogP contribution >= 0.6 is 0 Å². The Balaban J connectivity index is 1.45. The first kappa shape index (κ1) is 26.3. The molecular formula is C26H27F2N7O4. The number of benzene rings is 1. The van der Waals surface area contributed by atoms with E-state index in [0.29, 0.717) is 73.7 Å². The van der Waals surface area contributed by atoms with Gasteiger partial charge in [0.25, 0.3) is 0 Å². The average Bonchev–Trinajstić information content (AvgIpc) is 3.44. The van der Waals surface area contributed by atoms with E-state index in [4.69, 9.17) is 14.3 Å². The lowest BCUT2D eigenvalue weighted by Crippen LogP contribution is -2.37. The van der Waals surface area contributed by atoms with E-state index in [0.717, 1.165) is 6.07 Å². The third-order valence-corrected chi connectivity index (χ3v) is 6.23. The first-order valence-electron chi connectivity index (χ1n) is 12.3. The lowest BCUT2D eigenvalue weighted by atomic mass is 10.0. The summed E-state index contributed by atoms with van der Waals surface area (Å²) >= 11 is 0. The van der Waals surface area contributed by atoms with Gasteiger partial charge in [-0.05, 0) is 29.8 Å². The molecule has 2 aliphatic rings. The smallest absolute Gasteiger partial charge is 0.247 e. The fourth-order valence-electron chi connectivity index (χ4n) is 4.46. The van der Waals surface area contributed by atoms with Gasteiger partial charge in [0, 0.05) is 31.6 Å². The molecule has 39 heavy (non-hydrogen) atoms. The third-order valence-electron chi connectivity index (χ3n) is 6.23. The van der Waals surface area contributed by atoms with Crippen molar-refractivity contribution in [3.05, 3.63) is 66.5 Å². The van der Waals surface area contributed by atoms with Crippen LogP contribution < -0.4 is 25.3 Å². The second-order valence-electron chi connectivity index (χ2n) is 8.76. The van der Waals surface area contributed by atoms with Gasteiger partial charge in [0.1, 0.15) is 29.5 Å². The maximum Gasteiger partial charge on any atom is 0.247 e. The molecule has 1 atom stereocenters. The van der Waals surface area contributed by atoms with Crippen LogP contribution in [0.25, 0.3) is 0 Å². The molecule has 13 heteroatoms. The highest BCUT2D eigenvalue weighted by Gasteiger charge is 2.30. The summed E-state index contributed by atoms with van der Waals surface area (Å²) in [7, 11) is 1.49. The summed E-state index contributed by atoms with van der Waals surface area (Å²) < 4.78 is 38.7. The van der Waals surface area contributed by atoms with Gasteiger partial charge in [0.05, 0.1) is 38.7 Å². The number of nitrogens with one attached hydrogen (secondary N) is 2. The lowest BCUT2D eigenvalue weighted by molar-refractivity contribution is -0.111. The number of rotatable bonds is 8. The molecule has 2 aliphatic heterocycles. The van der Waals surface area contributed by atoms with Crippen molar-refractivity contribution >= 4 is 34.7 Å². The molecule has 3 aromatic rings. The predicted molar refractivity (Wildman–Crippen MR) is 140 cm³/mol. The highest BCUT2D eigenvalue weighted by atomic mass is 19.1. The standard InChI is InChI=1S/C26H27F2N7O4/c1-3-24(36)32-19-13-20(26(37-2)33-25(19)34-5-8-38-9-6-34)31-22-14-23(30-15-29-22)35-21(4-7-39-35)16-10-17(27)12-18(28)11-16/h3,10-15,21H,1,4-9H2,2H3,(H,32,36)(H,29,30,31)/t21-/m1/s1. The Morgan fingerprint density at radius 3 is 2.59 bits per heavy atom. The molecule has 2 fully saturated rings. The monoisotopic (exact) mass is 539 g/mol. The van der Waals surface area contributed by atoms with Crippen LogP contribution in [0.15, 0.2) is 49.3 Å². The van der Waals surface area contributed by atoms with Crippen molar-refractivity contribution in [3.63, 3.8) is 0 Å². The molecular weight excluding hydrogens is 512 g/mol.